The van der Waals surface area contributed by atoms with Crippen molar-refractivity contribution in [3.63, 3.8) is 0 Å². The number of methoxy groups -OCH3 is 1. The molecule has 0 saturated carbocycles. The Hall–Kier alpha value is -2.74. The molecule has 9 heteroatoms. The van der Waals surface area contributed by atoms with Gasteiger partial charge in [-0.3, -0.25) is 4.72 Å². The third kappa shape index (κ3) is 4.41. The highest BCUT2D eigenvalue weighted by molar-refractivity contribution is 7.92. The molecule has 4 rings (SSSR count). The number of anilines is 1. The highest BCUT2D eigenvalue weighted by Crippen LogP contribution is 2.35. The molecule has 1 aliphatic rings. The van der Waals surface area contributed by atoms with Gasteiger partial charge in [-0.25, -0.2) is 13.4 Å². The van der Waals surface area contributed by atoms with Gasteiger partial charge >= 0.3 is 0 Å². The van der Waals surface area contributed by atoms with E-state index in [1.807, 2.05) is 17.7 Å². The SMILES string of the molecule is COc1cc(NS(=O)(=O)c2ccccc2C2=CC=CC(Cl)C2Cl)ccc1-n1cnc(C)c1. The van der Waals surface area contributed by atoms with E-state index < -0.39 is 20.8 Å². The lowest BCUT2D eigenvalue weighted by atomic mass is 9.96. The second-order valence-corrected chi connectivity index (χ2v) is 9.89. The number of nitrogens with one attached hydrogen (secondary N) is 1. The van der Waals surface area contributed by atoms with E-state index in [1.165, 1.54) is 7.11 Å². The number of benzene rings is 2. The molecular weight excluding hydrogens is 469 g/mol. The Morgan fingerprint density at radius 2 is 1.94 bits per heavy atom. The fraction of sp³-hybridized carbons (Fsp3) is 0.174. The predicted octanol–water partition coefficient (Wildman–Crippen LogP) is 5.16. The molecule has 2 atom stereocenters. The fourth-order valence-electron chi connectivity index (χ4n) is 3.52. The van der Waals surface area contributed by atoms with E-state index in [9.17, 15) is 8.42 Å². The summed E-state index contributed by atoms with van der Waals surface area (Å²) in [5.74, 6) is 0.502. The Bertz CT molecular complexity index is 1320. The number of nitrogens with zero attached hydrogens (tertiary/aromatic N) is 2. The van der Waals surface area contributed by atoms with Gasteiger partial charge in [0, 0.05) is 12.3 Å². The number of hydrogen-bond donors (Lipinski definition) is 1. The van der Waals surface area contributed by atoms with Crippen LogP contribution in [0.15, 0.2) is 78.1 Å². The molecule has 0 amide bonds. The van der Waals surface area contributed by atoms with Crippen molar-refractivity contribution in [3.05, 3.63) is 84.5 Å². The molecule has 2 aromatic carbocycles. The van der Waals surface area contributed by atoms with E-state index in [-0.39, 0.29) is 4.90 Å². The first kappa shape index (κ1) is 22.5. The van der Waals surface area contributed by atoms with Crippen LogP contribution in [-0.2, 0) is 10.0 Å². The van der Waals surface area contributed by atoms with Crippen LogP contribution in [0, 0.1) is 6.92 Å². The average Bonchev–Trinajstić information content (AvgIpc) is 3.21. The minimum atomic E-state index is -3.92. The standard InChI is InChI=1S/C23H21Cl2N3O3S/c1-15-13-28(14-26-15)20-11-10-16(12-21(20)31-2)27-32(29,30)22-9-4-3-6-17(22)18-7-5-8-19(24)23(18)25/h3-14,19,23,27H,1-2H3. The molecule has 32 heavy (non-hydrogen) atoms. The monoisotopic (exact) mass is 489 g/mol. The minimum absolute atomic E-state index is 0.115. The molecular formula is C23H21Cl2N3O3S. The lowest BCUT2D eigenvalue weighted by Gasteiger charge is -2.22. The molecule has 0 fully saturated rings. The molecule has 1 N–H and O–H groups in total. The first-order valence-electron chi connectivity index (χ1n) is 9.78. The maximum atomic E-state index is 13.3. The van der Waals surface area contributed by atoms with E-state index in [2.05, 4.69) is 9.71 Å². The highest BCUT2D eigenvalue weighted by Gasteiger charge is 2.27. The fourth-order valence-corrected chi connectivity index (χ4v) is 5.30. The van der Waals surface area contributed by atoms with Crippen LogP contribution in [0.4, 0.5) is 5.69 Å². The summed E-state index contributed by atoms with van der Waals surface area (Å²) in [6.07, 6.45) is 8.87. The number of ether oxygens (including phenoxy) is 1. The molecule has 166 valence electrons. The van der Waals surface area contributed by atoms with Crippen LogP contribution in [-0.4, -0.2) is 35.8 Å². The first-order valence-corrected chi connectivity index (χ1v) is 12.1. The number of hydrogen-bond acceptors (Lipinski definition) is 4. The van der Waals surface area contributed by atoms with E-state index in [4.69, 9.17) is 27.9 Å². The first-order chi connectivity index (χ1) is 15.3. The van der Waals surface area contributed by atoms with Gasteiger partial charge < -0.3 is 9.30 Å². The van der Waals surface area contributed by atoms with E-state index in [0.29, 0.717) is 22.6 Å². The van der Waals surface area contributed by atoms with E-state index >= 15 is 0 Å². The summed E-state index contributed by atoms with van der Waals surface area (Å²) in [4.78, 5) is 4.34. The third-order valence-corrected chi connectivity index (χ3v) is 7.53. The molecule has 0 saturated heterocycles. The average molecular weight is 490 g/mol. The number of rotatable bonds is 6. The third-order valence-electron chi connectivity index (χ3n) is 5.06. The zero-order valence-electron chi connectivity index (χ0n) is 17.4. The summed E-state index contributed by atoms with van der Waals surface area (Å²) in [5, 5.41) is -0.972. The van der Waals surface area contributed by atoms with Crippen LogP contribution in [0.25, 0.3) is 11.3 Å². The Kier molecular flexibility index (Phi) is 6.33. The summed E-state index contributed by atoms with van der Waals surface area (Å²) in [6.45, 7) is 1.89. The number of aromatic nitrogens is 2. The molecule has 2 unspecified atom stereocenters. The minimum Gasteiger partial charge on any atom is -0.494 e. The molecule has 0 spiro atoms. The van der Waals surface area contributed by atoms with Gasteiger partial charge in [-0.05, 0) is 36.3 Å². The molecule has 0 aliphatic heterocycles. The largest absolute Gasteiger partial charge is 0.494 e. The number of halogens is 2. The lowest BCUT2D eigenvalue weighted by molar-refractivity contribution is 0.413. The van der Waals surface area contributed by atoms with Crippen molar-refractivity contribution in [2.45, 2.75) is 22.6 Å². The molecule has 3 aromatic rings. The van der Waals surface area contributed by atoms with Crippen LogP contribution >= 0.6 is 23.2 Å². The van der Waals surface area contributed by atoms with Gasteiger partial charge in [0.15, 0.2) is 0 Å². The zero-order chi connectivity index (χ0) is 22.9. The summed E-state index contributed by atoms with van der Waals surface area (Å²) in [5.41, 5.74) is 3.13. The summed E-state index contributed by atoms with van der Waals surface area (Å²) < 4.78 is 36.6. The van der Waals surface area contributed by atoms with Crippen molar-refractivity contribution >= 4 is 44.5 Å². The smallest absolute Gasteiger partial charge is 0.262 e. The van der Waals surface area contributed by atoms with Gasteiger partial charge in [0.25, 0.3) is 10.0 Å². The Morgan fingerprint density at radius 3 is 2.66 bits per heavy atom. The molecule has 1 aromatic heterocycles. The lowest BCUT2D eigenvalue weighted by Crippen LogP contribution is -2.20. The summed E-state index contributed by atoms with van der Waals surface area (Å²) in [7, 11) is -2.39. The van der Waals surface area contributed by atoms with Gasteiger partial charge in [-0.1, -0.05) is 36.4 Å². The second-order valence-electron chi connectivity index (χ2n) is 7.26. The Morgan fingerprint density at radius 1 is 1.16 bits per heavy atom. The normalized spacial score (nSPS) is 18.3. The molecule has 1 aliphatic carbocycles. The van der Waals surface area contributed by atoms with Crippen molar-refractivity contribution < 1.29 is 13.2 Å². The van der Waals surface area contributed by atoms with Crippen molar-refractivity contribution in [2.75, 3.05) is 11.8 Å². The van der Waals surface area contributed by atoms with Gasteiger partial charge in [-0.2, -0.15) is 0 Å². The topological polar surface area (TPSA) is 73.2 Å². The van der Waals surface area contributed by atoms with Crippen molar-refractivity contribution in [1.29, 1.82) is 0 Å². The van der Waals surface area contributed by atoms with Crippen LogP contribution in [0.2, 0.25) is 0 Å². The van der Waals surface area contributed by atoms with Crippen LogP contribution in [0.5, 0.6) is 5.75 Å². The Balaban J connectivity index is 1.69. The van der Waals surface area contributed by atoms with Gasteiger partial charge in [0.05, 0.1) is 46.2 Å². The van der Waals surface area contributed by atoms with Crippen molar-refractivity contribution in [1.82, 2.24) is 9.55 Å². The maximum absolute atomic E-state index is 13.3. The number of aryl methyl sites for hydroxylation is 1. The number of alkyl halides is 2. The quantitative estimate of drug-likeness (QED) is 0.485. The van der Waals surface area contributed by atoms with Gasteiger partial charge in [0.1, 0.15) is 5.75 Å². The molecule has 0 radical (unpaired) electrons. The highest BCUT2D eigenvalue weighted by atomic mass is 35.5. The second kappa shape index (κ2) is 9.02. The maximum Gasteiger partial charge on any atom is 0.262 e. The summed E-state index contributed by atoms with van der Waals surface area (Å²) in [6, 6.07) is 11.8. The zero-order valence-corrected chi connectivity index (χ0v) is 19.7. The number of sulfonamides is 1. The molecule has 0 bridgehead atoms. The van der Waals surface area contributed by atoms with Gasteiger partial charge in [0.2, 0.25) is 0 Å². The summed E-state index contributed by atoms with van der Waals surface area (Å²) >= 11 is 12.7. The van der Waals surface area contributed by atoms with Gasteiger partial charge in [-0.15, -0.1) is 23.2 Å². The number of imidazole rings is 1. The van der Waals surface area contributed by atoms with Crippen LogP contribution < -0.4 is 9.46 Å². The Labute approximate surface area is 197 Å². The predicted molar refractivity (Wildman–Crippen MR) is 129 cm³/mol. The van der Waals surface area contributed by atoms with Crippen LogP contribution in [0.3, 0.4) is 0 Å². The van der Waals surface area contributed by atoms with Crippen molar-refractivity contribution in [2.24, 2.45) is 0 Å². The van der Waals surface area contributed by atoms with E-state index in [0.717, 1.165) is 11.4 Å². The number of allylic oxidation sites excluding steroid dienone is 4. The molecule has 1 heterocycles. The van der Waals surface area contributed by atoms with Crippen LogP contribution in [0.1, 0.15) is 11.3 Å². The van der Waals surface area contributed by atoms with Crippen molar-refractivity contribution in [3.8, 4) is 11.4 Å². The molecule has 6 nitrogen and oxygen atoms in total. The van der Waals surface area contributed by atoms with E-state index in [1.54, 1.807) is 67.0 Å².